The fraction of sp³-hybridized carbons (Fsp3) is 0.357. The van der Waals surface area contributed by atoms with Gasteiger partial charge in [-0.2, -0.15) is 5.10 Å². The zero-order chi connectivity index (χ0) is 12.4. The molecule has 1 unspecified atom stereocenters. The number of aromatic hydroxyl groups is 1. The molecular formula is C14H17N3O. The van der Waals surface area contributed by atoms with Crippen molar-refractivity contribution < 1.29 is 5.11 Å². The summed E-state index contributed by atoms with van der Waals surface area (Å²) in [7, 11) is 0. The highest BCUT2D eigenvalue weighted by Crippen LogP contribution is 2.28. The Morgan fingerprint density at radius 1 is 1.33 bits per heavy atom. The van der Waals surface area contributed by atoms with Crippen molar-refractivity contribution in [3.63, 3.8) is 0 Å². The highest BCUT2D eigenvalue weighted by molar-refractivity contribution is 5.29. The second kappa shape index (κ2) is 4.82. The number of hydrogen-bond donors (Lipinski definition) is 2. The van der Waals surface area contributed by atoms with Gasteiger partial charge in [0.25, 0.3) is 0 Å². The third-order valence-electron chi connectivity index (χ3n) is 3.60. The number of hydrogen-bond acceptors (Lipinski definition) is 3. The van der Waals surface area contributed by atoms with Crippen LogP contribution in [0.25, 0.3) is 0 Å². The number of H-pyrrole nitrogens is 1. The molecular weight excluding hydrogens is 226 g/mol. The van der Waals surface area contributed by atoms with Gasteiger partial charge in [-0.3, -0.25) is 10.00 Å². The second-order valence-electron chi connectivity index (χ2n) is 4.92. The number of rotatable bonds is 3. The van der Waals surface area contributed by atoms with Gasteiger partial charge >= 0.3 is 0 Å². The van der Waals surface area contributed by atoms with Crippen LogP contribution in [0, 0.1) is 0 Å². The van der Waals surface area contributed by atoms with Crippen LogP contribution in [-0.2, 0) is 6.54 Å². The number of likely N-dealkylation sites (tertiary alicyclic amines) is 1. The van der Waals surface area contributed by atoms with Crippen molar-refractivity contribution in [2.45, 2.75) is 18.9 Å². The molecule has 2 N–H and O–H groups in total. The van der Waals surface area contributed by atoms with Crippen LogP contribution in [-0.4, -0.2) is 33.3 Å². The third-order valence-corrected chi connectivity index (χ3v) is 3.60. The largest absolute Gasteiger partial charge is 0.508 e. The quantitative estimate of drug-likeness (QED) is 0.868. The SMILES string of the molecule is Oc1ccc(C2CCN(Cc3cn[nH]c3)C2)cc1. The molecule has 1 aliphatic heterocycles. The highest BCUT2D eigenvalue weighted by atomic mass is 16.3. The topological polar surface area (TPSA) is 52.1 Å². The summed E-state index contributed by atoms with van der Waals surface area (Å²) in [6.45, 7) is 3.16. The smallest absolute Gasteiger partial charge is 0.115 e. The normalized spacial score (nSPS) is 20.3. The van der Waals surface area contributed by atoms with Gasteiger partial charge in [0.15, 0.2) is 0 Å². The number of nitrogens with zero attached hydrogens (tertiary/aromatic N) is 2. The Balaban J connectivity index is 1.63. The molecule has 1 aliphatic rings. The van der Waals surface area contributed by atoms with E-state index in [1.807, 2.05) is 24.5 Å². The summed E-state index contributed by atoms with van der Waals surface area (Å²) >= 11 is 0. The van der Waals surface area contributed by atoms with E-state index in [-0.39, 0.29) is 0 Å². The molecule has 4 heteroatoms. The molecule has 18 heavy (non-hydrogen) atoms. The van der Waals surface area contributed by atoms with Gasteiger partial charge in [-0.1, -0.05) is 12.1 Å². The van der Waals surface area contributed by atoms with E-state index >= 15 is 0 Å². The molecule has 0 spiro atoms. The summed E-state index contributed by atoms with van der Waals surface area (Å²) in [6.07, 6.45) is 5.02. The Hall–Kier alpha value is -1.81. The first-order valence-corrected chi connectivity index (χ1v) is 6.30. The second-order valence-corrected chi connectivity index (χ2v) is 4.92. The van der Waals surface area contributed by atoms with Gasteiger partial charge in [-0.15, -0.1) is 0 Å². The monoisotopic (exact) mass is 243 g/mol. The van der Waals surface area contributed by atoms with Crippen LogP contribution in [0.5, 0.6) is 5.75 Å². The fourth-order valence-corrected chi connectivity index (χ4v) is 2.62. The minimum atomic E-state index is 0.340. The van der Waals surface area contributed by atoms with Crippen LogP contribution in [0.1, 0.15) is 23.5 Å². The van der Waals surface area contributed by atoms with Crippen molar-refractivity contribution in [3.8, 4) is 5.75 Å². The Kier molecular flexibility index (Phi) is 3.02. The average molecular weight is 243 g/mol. The van der Waals surface area contributed by atoms with E-state index in [1.54, 1.807) is 12.1 Å². The van der Waals surface area contributed by atoms with E-state index in [0.717, 1.165) is 19.6 Å². The Morgan fingerprint density at radius 2 is 2.17 bits per heavy atom. The summed E-state index contributed by atoms with van der Waals surface area (Å²) in [6, 6.07) is 7.60. The number of phenols is 1. The Morgan fingerprint density at radius 3 is 2.89 bits per heavy atom. The Labute approximate surface area is 106 Å². The Bertz CT molecular complexity index is 492. The molecule has 1 fully saturated rings. The summed E-state index contributed by atoms with van der Waals surface area (Å²) < 4.78 is 0. The first kappa shape index (κ1) is 11.3. The van der Waals surface area contributed by atoms with Crippen LogP contribution >= 0.6 is 0 Å². The molecule has 2 heterocycles. The molecule has 1 saturated heterocycles. The van der Waals surface area contributed by atoms with Crippen molar-refractivity contribution in [2.24, 2.45) is 0 Å². The van der Waals surface area contributed by atoms with Crippen LogP contribution in [0.15, 0.2) is 36.7 Å². The highest BCUT2D eigenvalue weighted by Gasteiger charge is 2.23. The summed E-state index contributed by atoms with van der Waals surface area (Å²) in [5.74, 6) is 0.921. The molecule has 1 aromatic carbocycles. The molecule has 0 radical (unpaired) electrons. The number of benzene rings is 1. The van der Waals surface area contributed by atoms with Gasteiger partial charge in [0.05, 0.1) is 6.20 Å². The lowest BCUT2D eigenvalue weighted by Crippen LogP contribution is -2.19. The van der Waals surface area contributed by atoms with Crippen molar-refractivity contribution in [1.29, 1.82) is 0 Å². The van der Waals surface area contributed by atoms with Crippen molar-refractivity contribution >= 4 is 0 Å². The molecule has 94 valence electrons. The van der Waals surface area contributed by atoms with Crippen LogP contribution < -0.4 is 0 Å². The van der Waals surface area contributed by atoms with Gasteiger partial charge in [-0.25, -0.2) is 0 Å². The lowest BCUT2D eigenvalue weighted by atomic mass is 9.98. The number of phenolic OH excluding ortho intramolecular Hbond substituents is 1. The lowest BCUT2D eigenvalue weighted by Gasteiger charge is -2.15. The number of aromatic nitrogens is 2. The molecule has 2 aromatic rings. The zero-order valence-corrected chi connectivity index (χ0v) is 10.2. The first-order valence-electron chi connectivity index (χ1n) is 6.30. The molecule has 0 amide bonds. The third kappa shape index (κ3) is 2.38. The maximum atomic E-state index is 9.30. The predicted molar refractivity (Wildman–Crippen MR) is 69.3 cm³/mol. The molecule has 4 nitrogen and oxygen atoms in total. The van der Waals surface area contributed by atoms with E-state index in [0.29, 0.717) is 11.7 Å². The van der Waals surface area contributed by atoms with Crippen molar-refractivity contribution in [3.05, 3.63) is 47.8 Å². The first-order chi connectivity index (χ1) is 8.81. The summed E-state index contributed by atoms with van der Waals surface area (Å²) in [5.41, 5.74) is 2.56. The van der Waals surface area contributed by atoms with E-state index in [2.05, 4.69) is 15.1 Å². The van der Waals surface area contributed by atoms with Crippen LogP contribution in [0.4, 0.5) is 0 Å². The minimum absolute atomic E-state index is 0.340. The fourth-order valence-electron chi connectivity index (χ4n) is 2.62. The van der Waals surface area contributed by atoms with E-state index in [9.17, 15) is 5.11 Å². The van der Waals surface area contributed by atoms with Crippen LogP contribution in [0.3, 0.4) is 0 Å². The van der Waals surface area contributed by atoms with Gasteiger partial charge < -0.3 is 5.11 Å². The molecule has 0 aliphatic carbocycles. The maximum Gasteiger partial charge on any atom is 0.115 e. The summed E-state index contributed by atoms with van der Waals surface area (Å²) in [4.78, 5) is 2.45. The van der Waals surface area contributed by atoms with Gasteiger partial charge in [0.2, 0.25) is 0 Å². The maximum absolute atomic E-state index is 9.30. The summed E-state index contributed by atoms with van der Waals surface area (Å²) in [5, 5.41) is 16.1. The van der Waals surface area contributed by atoms with Crippen LogP contribution in [0.2, 0.25) is 0 Å². The lowest BCUT2D eigenvalue weighted by molar-refractivity contribution is 0.327. The van der Waals surface area contributed by atoms with Crippen molar-refractivity contribution in [1.82, 2.24) is 15.1 Å². The average Bonchev–Trinajstić information content (AvgIpc) is 3.02. The van der Waals surface area contributed by atoms with E-state index < -0.39 is 0 Å². The molecule has 3 rings (SSSR count). The van der Waals surface area contributed by atoms with Gasteiger partial charge in [0.1, 0.15) is 5.75 Å². The number of aromatic amines is 1. The van der Waals surface area contributed by atoms with Gasteiger partial charge in [0, 0.05) is 24.8 Å². The molecule has 0 bridgehead atoms. The minimum Gasteiger partial charge on any atom is -0.508 e. The van der Waals surface area contributed by atoms with E-state index in [1.165, 1.54) is 17.5 Å². The van der Waals surface area contributed by atoms with Gasteiger partial charge in [-0.05, 0) is 36.6 Å². The molecule has 1 atom stereocenters. The van der Waals surface area contributed by atoms with Crippen molar-refractivity contribution in [2.75, 3.05) is 13.1 Å². The standard InChI is InChI=1S/C14H17N3O/c18-14-3-1-12(2-4-14)13-5-6-17(10-13)9-11-7-15-16-8-11/h1-4,7-8,13,18H,5-6,9-10H2,(H,15,16). The number of nitrogens with one attached hydrogen (secondary N) is 1. The molecule has 1 aromatic heterocycles. The molecule has 0 saturated carbocycles. The predicted octanol–water partition coefficient (Wildman–Crippen LogP) is 2.10. The zero-order valence-electron chi connectivity index (χ0n) is 10.2. The van der Waals surface area contributed by atoms with E-state index in [4.69, 9.17) is 0 Å².